The number of carbonyl (C=O) groups is 2. The Hall–Kier alpha value is -2.83. The second-order valence-electron chi connectivity index (χ2n) is 5.04. The van der Waals surface area contributed by atoms with E-state index >= 15 is 0 Å². The Kier molecular flexibility index (Phi) is 5.35. The Morgan fingerprint density at radius 2 is 1.87 bits per heavy atom. The first-order valence-electron chi connectivity index (χ1n) is 7.32. The maximum absolute atomic E-state index is 12.0. The van der Waals surface area contributed by atoms with Crippen LogP contribution in [0.4, 0.5) is 0 Å². The number of hydrogen-bond acceptors (Lipinski definition) is 4. The van der Waals surface area contributed by atoms with Crippen molar-refractivity contribution in [3.05, 3.63) is 47.3 Å². The van der Waals surface area contributed by atoms with Crippen molar-refractivity contribution in [2.24, 2.45) is 0 Å². The monoisotopic (exact) mass is 316 g/mol. The molecule has 2 aromatic rings. The van der Waals surface area contributed by atoms with Crippen molar-refractivity contribution >= 4 is 11.8 Å². The number of aryl methyl sites for hydroxylation is 2. The van der Waals surface area contributed by atoms with E-state index in [0.717, 1.165) is 11.4 Å². The van der Waals surface area contributed by atoms with Crippen molar-refractivity contribution in [1.82, 2.24) is 20.6 Å². The molecule has 2 N–H and O–H groups in total. The smallest absolute Gasteiger partial charge is 0.269 e. The van der Waals surface area contributed by atoms with Crippen LogP contribution >= 0.6 is 0 Å². The number of hydrazine groups is 1. The van der Waals surface area contributed by atoms with Crippen LogP contribution < -0.4 is 15.6 Å². The van der Waals surface area contributed by atoms with Crippen LogP contribution in [-0.2, 0) is 11.3 Å². The lowest BCUT2D eigenvalue weighted by Gasteiger charge is -2.09. The third kappa shape index (κ3) is 4.57. The van der Waals surface area contributed by atoms with Gasteiger partial charge in [-0.15, -0.1) is 0 Å². The summed E-state index contributed by atoms with van der Waals surface area (Å²) in [5.41, 5.74) is 6.91. The Balaban J connectivity index is 1.86. The first-order chi connectivity index (χ1) is 11.0. The van der Waals surface area contributed by atoms with Gasteiger partial charge in [0.15, 0.2) is 0 Å². The van der Waals surface area contributed by atoms with E-state index < -0.39 is 5.91 Å². The lowest BCUT2D eigenvalue weighted by Crippen LogP contribution is -2.43. The molecule has 2 rings (SSSR count). The number of nitrogens with zero attached hydrogens (tertiary/aromatic N) is 2. The Morgan fingerprint density at radius 1 is 1.17 bits per heavy atom. The van der Waals surface area contributed by atoms with E-state index in [1.807, 2.05) is 26.8 Å². The molecule has 0 radical (unpaired) electrons. The molecule has 0 aliphatic rings. The van der Waals surface area contributed by atoms with Gasteiger partial charge in [0.2, 0.25) is 0 Å². The van der Waals surface area contributed by atoms with Crippen LogP contribution in [0.15, 0.2) is 30.3 Å². The maximum atomic E-state index is 12.0. The molecule has 0 spiro atoms. The standard InChI is InChI=1S/C16H20N4O3/c1-4-23-14-7-5-13(6-8-14)16(22)18-17-15(21)10-20-12(3)9-11(2)19-20/h5-9H,4,10H2,1-3H3,(H,17,21)(H,18,22). The summed E-state index contributed by atoms with van der Waals surface area (Å²) in [5.74, 6) is -0.0529. The zero-order chi connectivity index (χ0) is 16.8. The minimum atomic E-state index is -0.394. The SMILES string of the molecule is CCOc1ccc(C(=O)NNC(=O)Cn2nc(C)cc2C)cc1. The van der Waals surface area contributed by atoms with E-state index in [1.54, 1.807) is 28.9 Å². The van der Waals surface area contributed by atoms with Crippen LogP contribution in [-0.4, -0.2) is 28.2 Å². The molecular weight excluding hydrogens is 296 g/mol. The highest BCUT2D eigenvalue weighted by molar-refractivity contribution is 5.95. The molecule has 23 heavy (non-hydrogen) atoms. The third-order valence-electron chi connectivity index (χ3n) is 3.14. The summed E-state index contributed by atoms with van der Waals surface area (Å²) in [5, 5.41) is 4.19. The quantitative estimate of drug-likeness (QED) is 0.816. The highest BCUT2D eigenvalue weighted by Gasteiger charge is 2.10. The summed E-state index contributed by atoms with van der Waals surface area (Å²) < 4.78 is 6.88. The molecule has 0 fully saturated rings. The Bertz CT molecular complexity index is 692. The summed E-state index contributed by atoms with van der Waals surface area (Å²) in [6.07, 6.45) is 0. The van der Waals surface area contributed by atoms with Crippen LogP contribution in [0.3, 0.4) is 0 Å². The molecule has 0 aliphatic carbocycles. The molecule has 0 aliphatic heterocycles. The van der Waals surface area contributed by atoms with Crippen molar-refractivity contribution in [1.29, 1.82) is 0 Å². The maximum Gasteiger partial charge on any atom is 0.269 e. The van der Waals surface area contributed by atoms with Gasteiger partial charge >= 0.3 is 0 Å². The minimum absolute atomic E-state index is 0.0449. The summed E-state index contributed by atoms with van der Waals surface area (Å²) in [4.78, 5) is 23.8. The third-order valence-corrected chi connectivity index (χ3v) is 3.14. The second kappa shape index (κ2) is 7.44. The summed E-state index contributed by atoms with van der Waals surface area (Å²) >= 11 is 0. The molecule has 0 bridgehead atoms. The van der Waals surface area contributed by atoms with Crippen LogP contribution in [0.5, 0.6) is 5.75 Å². The van der Waals surface area contributed by atoms with Crippen molar-refractivity contribution < 1.29 is 14.3 Å². The number of nitrogens with one attached hydrogen (secondary N) is 2. The van der Waals surface area contributed by atoms with Crippen molar-refractivity contribution in [2.45, 2.75) is 27.3 Å². The van der Waals surface area contributed by atoms with E-state index in [4.69, 9.17) is 4.74 Å². The van der Waals surface area contributed by atoms with Crippen molar-refractivity contribution in [3.63, 3.8) is 0 Å². The average Bonchev–Trinajstić information content (AvgIpc) is 2.83. The Labute approximate surface area is 134 Å². The number of ether oxygens (including phenoxy) is 1. The molecule has 0 unspecified atom stereocenters. The number of rotatable bonds is 5. The van der Waals surface area contributed by atoms with Gasteiger partial charge in [0, 0.05) is 11.3 Å². The van der Waals surface area contributed by atoms with Crippen molar-refractivity contribution in [2.75, 3.05) is 6.61 Å². The van der Waals surface area contributed by atoms with Gasteiger partial charge in [-0.25, -0.2) is 0 Å². The van der Waals surface area contributed by atoms with Crippen molar-refractivity contribution in [3.8, 4) is 5.75 Å². The molecule has 7 heteroatoms. The van der Waals surface area contributed by atoms with Gasteiger partial charge in [-0.05, 0) is 51.1 Å². The van der Waals surface area contributed by atoms with E-state index in [9.17, 15) is 9.59 Å². The molecule has 7 nitrogen and oxygen atoms in total. The van der Waals surface area contributed by atoms with Gasteiger partial charge in [-0.2, -0.15) is 5.10 Å². The lowest BCUT2D eigenvalue weighted by atomic mass is 10.2. The van der Waals surface area contributed by atoms with E-state index in [1.165, 1.54) is 0 Å². The fraction of sp³-hybridized carbons (Fsp3) is 0.312. The molecule has 2 amide bonds. The first-order valence-corrected chi connectivity index (χ1v) is 7.32. The summed E-state index contributed by atoms with van der Waals surface area (Å²) in [6, 6.07) is 8.55. The van der Waals surface area contributed by atoms with Gasteiger partial charge in [-0.3, -0.25) is 25.1 Å². The highest BCUT2D eigenvalue weighted by atomic mass is 16.5. The number of hydrogen-bond donors (Lipinski definition) is 2. The minimum Gasteiger partial charge on any atom is -0.494 e. The fourth-order valence-corrected chi connectivity index (χ4v) is 2.08. The molecule has 1 heterocycles. The number of amides is 2. The van der Waals surface area contributed by atoms with Gasteiger partial charge in [0.05, 0.1) is 12.3 Å². The molecular formula is C16H20N4O3. The molecule has 1 aromatic carbocycles. The number of aromatic nitrogens is 2. The largest absolute Gasteiger partial charge is 0.494 e. The number of carbonyl (C=O) groups excluding carboxylic acids is 2. The van der Waals surface area contributed by atoms with E-state index in [-0.39, 0.29) is 12.5 Å². The predicted molar refractivity (Wildman–Crippen MR) is 84.9 cm³/mol. The van der Waals surface area contributed by atoms with Crippen LogP contribution in [0.1, 0.15) is 28.7 Å². The lowest BCUT2D eigenvalue weighted by molar-refractivity contribution is -0.122. The van der Waals surface area contributed by atoms with Crippen LogP contribution in [0.2, 0.25) is 0 Å². The summed E-state index contributed by atoms with van der Waals surface area (Å²) in [7, 11) is 0. The molecule has 0 saturated carbocycles. The molecule has 122 valence electrons. The average molecular weight is 316 g/mol. The van der Waals surface area contributed by atoms with Gasteiger partial charge < -0.3 is 4.74 Å². The predicted octanol–water partition coefficient (Wildman–Crippen LogP) is 1.36. The molecule has 0 saturated heterocycles. The van der Waals surface area contributed by atoms with Gasteiger partial charge in [0.25, 0.3) is 11.8 Å². The van der Waals surface area contributed by atoms with Crippen LogP contribution in [0, 0.1) is 13.8 Å². The number of benzene rings is 1. The first kappa shape index (κ1) is 16.5. The van der Waals surface area contributed by atoms with Gasteiger partial charge in [-0.1, -0.05) is 0 Å². The highest BCUT2D eigenvalue weighted by Crippen LogP contribution is 2.11. The second-order valence-corrected chi connectivity index (χ2v) is 5.04. The zero-order valence-electron chi connectivity index (χ0n) is 13.4. The van der Waals surface area contributed by atoms with Gasteiger partial charge in [0.1, 0.15) is 12.3 Å². The normalized spacial score (nSPS) is 10.2. The van der Waals surface area contributed by atoms with E-state index in [2.05, 4.69) is 16.0 Å². The van der Waals surface area contributed by atoms with Crippen LogP contribution in [0.25, 0.3) is 0 Å². The molecule has 1 aromatic heterocycles. The molecule has 0 atom stereocenters. The zero-order valence-corrected chi connectivity index (χ0v) is 13.4. The fourth-order valence-electron chi connectivity index (χ4n) is 2.08. The summed E-state index contributed by atoms with van der Waals surface area (Å²) in [6.45, 7) is 6.22. The topological polar surface area (TPSA) is 85.3 Å². The van der Waals surface area contributed by atoms with E-state index in [0.29, 0.717) is 17.9 Å². The Morgan fingerprint density at radius 3 is 2.43 bits per heavy atom.